The Morgan fingerprint density at radius 2 is 1.56 bits per heavy atom. The van der Waals surface area contributed by atoms with Crippen molar-refractivity contribution in [3.63, 3.8) is 0 Å². The smallest absolute Gasteiger partial charge is 0.298 e. The zero-order valence-corrected chi connectivity index (χ0v) is 9.24. The molecule has 0 aliphatic heterocycles. The zero-order valence-electron chi connectivity index (χ0n) is 9.24. The highest BCUT2D eigenvalue weighted by atomic mass is 19.4. The summed E-state index contributed by atoms with van der Waals surface area (Å²) >= 11 is 0. The summed E-state index contributed by atoms with van der Waals surface area (Å²) in [6, 6.07) is 12.5. The number of carbonyl (C=O) groups is 1. The Morgan fingerprint density at radius 1 is 0.889 bits per heavy atom. The average molecular weight is 250 g/mol. The van der Waals surface area contributed by atoms with Gasteiger partial charge in [0.1, 0.15) is 0 Å². The minimum absolute atomic E-state index is 0.231. The second-order valence-corrected chi connectivity index (χ2v) is 3.78. The molecule has 0 aromatic heterocycles. The van der Waals surface area contributed by atoms with E-state index >= 15 is 0 Å². The minimum Gasteiger partial charge on any atom is -0.298 e. The summed E-state index contributed by atoms with van der Waals surface area (Å²) < 4.78 is 37.8. The van der Waals surface area contributed by atoms with E-state index in [-0.39, 0.29) is 11.8 Å². The molecule has 0 unspecified atom stereocenters. The van der Waals surface area contributed by atoms with Crippen molar-refractivity contribution in [2.75, 3.05) is 0 Å². The van der Waals surface area contributed by atoms with Crippen molar-refractivity contribution in [1.82, 2.24) is 0 Å². The lowest BCUT2D eigenvalue weighted by molar-refractivity contribution is -0.137. The first-order chi connectivity index (χ1) is 8.52. The highest BCUT2D eigenvalue weighted by Crippen LogP contribution is 2.33. The van der Waals surface area contributed by atoms with Gasteiger partial charge in [0.2, 0.25) is 0 Å². The van der Waals surface area contributed by atoms with Gasteiger partial charge >= 0.3 is 6.18 Å². The molecule has 2 rings (SSSR count). The largest absolute Gasteiger partial charge is 0.417 e. The van der Waals surface area contributed by atoms with Gasteiger partial charge in [0.25, 0.3) is 0 Å². The third-order valence-corrected chi connectivity index (χ3v) is 2.59. The van der Waals surface area contributed by atoms with Gasteiger partial charge in [-0.05, 0) is 23.3 Å². The molecule has 0 spiro atoms. The van der Waals surface area contributed by atoms with Gasteiger partial charge in [0.15, 0.2) is 6.29 Å². The molecule has 2 aromatic rings. The summed E-state index contributed by atoms with van der Waals surface area (Å²) in [6.07, 6.45) is -4.28. The molecule has 1 nitrogen and oxygen atoms in total. The first-order valence-corrected chi connectivity index (χ1v) is 5.24. The van der Waals surface area contributed by atoms with Crippen LogP contribution in [0.5, 0.6) is 0 Å². The van der Waals surface area contributed by atoms with Gasteiger partial charge in [-0.25, -0.2) is 0 Å². The Balaban J connectivity index is 2.52. The molecule has 0 fully saturated rings. The van der Waals surface area contributed by atoms with Crippen LogP contribution in [0.2, 0.25) is 0 Å². The second kappa shape index (κ2) is 4.64. The van der Waals surface area contributed by atoms with Crippen LogP contribution in [0.4, 0.5) is 13.2 Å². The van der Waals surface area contributed by atoms with Crippen LogP contribution in [0.15, 0.2) is 48.5 Å². The maximum Gasteiger partial charge on any atom is 0.417 e. The molecule has 0 saturated carbocycles. The van der Waals surface area contributed by atoms with Crippen molar-refractivity contribution in [3.8, 4) is 11.1 Å². The molecule has 92 valence electrons. The van der Waals surface area contributed by atoms with Gasteiger partial charge in [-0.15, -0.1) is 0 Å². The van der Waals surface area contributed by atoms with Crippen molar-refractivity contribution in [2.24, 2.45) is 0 Å². The number of halogens is 3. The van der Waals surface area contributed by atoms with Crippen molar-refractivity contribution < 1.29 is 18.0 Å². The van der Waals surface area contributed by atoms with Crippen LogP contribution in [-0.4, -0.2) is 6.29 Å². The number of aldehydes is 1. The standard InChI is InChI=1S/C14H9F3O/c15-14(16,17)13-7-6-11(8-12(13)9-18)10-4-2-1-3-5-10/h1-9H. The Hall–Kier alpha value is -2.10. The van der Waals surface area contributed by atoms with Gasteiger partial charge in [-0.3, -0.25) is 4.79 Å². The monoisotopic (exact) mass is 250 g/mol. The fraction of sp³-hybridized carbons (Fsp3) is 0.0714. The average Bonchev–Trinajstić information content (AvgIpc) is 2.38. The number of hydrogen-bond donors (Lipinski definition) is 0. The van der Waals surface area contributed by atoms with Gasteiger partial charge < -0.3 is 0 Å². The summed E-state index contributed by atoms with van der Waals surface area (Å²) in [7, 11) is 0. The van der Waals surface area contributed by atoms with Crippen LogP contribution < -0.4 is 0 Å². The van der Waals surface area contributed by atoms with E-state index in [1.807, 2.05) is 6.07 Å². The topological polar surface area (TPSA) is 17.1 Å². The van der Waals surface area contributed by atoms with Gasteiger partial charge in [-0.1, -0.05) is 36.4 Å². The minimum atomic E-state index is -4.51. The van der Waals surface area contributed by atoms with Crippen molar-refractivity contribution in [1.29, 1.82) is 0 Å². The van der Waals surface area contributed by atoms with Crippen LogP contribution in [0.25, 0.3) is 11.1 Å². The highest BCUT2D eigenvalue weighted by molar-refractivity contribution is 5.81. The van der Waals surface area contributed by atoms with E-state index in [9.17, 15) is 18.0 Å². The van der Waals surface area contributed by atoms with E-state index in [1.165, 1.54) is 12.1 Å². The molecule has 0 aliphatic carbocycles. The van der Waals surface area contributed by atoms with Gasteiger partial charge in [0.05, 0.1) is 5.56 Å². The maximum atomic E-state index is 12.6. The maximum absolute atomic E-state index is 12.6. The Morgan fingerprint density at radius 3 is 2.11 bits per heavy atom. The van der Waals surface area contributed by atoms with E-state index in [1.54, 1.807) is 24.3 Å². The molecule has 0 bridgehead atoms. The van der Waals surface area contributed by atoms with Gasteiger partial charge in [0, 0.05) is 5.56 Å². The van der Waals surface area contributed by atoms with Crippen LogP contribution in [0.1, 0.15) is 15.9 Å². The fourth-order valence-corrected chi connectivity index (χ4v) is 1.73. The summed E-state index contributed by atoms with van der Waals surface area (Å²) in [4.78, 5) is 10.8. The number of benzene rings is 2. The molecule has 2 aromatic carbocycles. The number of hydrogen-bond acceptors (Lipinski definition) is 1. The molecule has 0 amide bonds. The lowest BCUT2D eigenvalue weighted by atomic mass is 9.99. The first-order valence-electron chi connectivity index (χ1n) is 5.24. The molecule has 0 heterocycles. The molecular formula is C14H9F3O. The van der Waals surface area contributed by atoms with Crippen LogP contribution in [-0.2, 0) is 6.18 Å². The fourth-order valence-electron chi connectivity index (χ4n) is 1.73. The SMILES string of the molecule is O=Cc1cc(-c2ccccc2)ccc1C(F)(F)F. The quantitative estimate of drug-likeness (QED) is 0.730. The van der Waals surface area contributed by atoms with Crippen molar-refractivity contribution in [3.05, 3.63) is 59.7 Å². The number of alkyl halides is 3. The summed E-state index contributed by atoms with van der Waals surface area (Å²) in [5.41, 5.74) is 0.112. The highest BCUT2D eigenvalue weighted by Gasteiger charge is 2.33. The van der Waals surface area contributed by atoms with E-state index in [2.05, 4.69) is 0 Å². The lowest BCUT2D eigenvalue weighted by Gasteiger charge is -2.11. The zero-order chi connectivity index (χ0) is 13.2. The molecule has 0 aliphatic rings. The van der Waals surface area contributed by atoms with Crippen molar-refractivity contribution >= 4 is 6.29 Å². The predicted octanol–water partition coefficient (Wildman–Crippen LogP) is 4.18. The van der Waals surface area contributed by atoms with Gasteiger partial charge in [-0.2, -0.15) is 13.2 Å². The summed E-state index contributed by atoms with van der Waals surface area (Å²) in [5, 5.41) is 0. The van der Waals surface area contributed by atoms with E-state index in [0.29, 0.717) is 5.56 Å². The lowest BCUT2D eigenvalue weighted by Crippen LogP contribution is -2.08. The first kappa shape index (κ1) is 12.4. The summed E-state index contributed by atoms with van der Waals surface area (Å²) in [6.45, 7) is 0. The molecule has 0 atom stereocenters. The second-order valence-electron chi connectivity index (χ2n) is 3.78. The Bertz CT molecular complexity index is 559. The molecular weight excluding hydrogens is 241 g/mol. The van der Waals surface area contributed by atoms with E-state index < -0.39 is 11.7 Å². The Kier molecular flexibility index (Phi) is 3.19. The van der Waals surface area contributed by atoms with Crippen LogP contribution in [0, 0.1) is 0 Å². The third kappa shape index (κ3) is 2.42. The van der Waals surface area contributed by atoms with Crippen LogP contribution >= 0.6 is 0 Å². The third-order valence-electron chi connectivity index (χ3n) is 2.59. The summed E-state index contributed by atoms with van der Waals surface area (Å²) in [5.74, 6) is 0. The predicted molar refractivity (Wildman–Crippen MR) is 62.3 cm³/mol. The molecule has 0 N–H and O–H groups in total. The van der Waals surface area contributed by atoms with E-state index in [0.717, 1.165) is 11.6 Å². The normalized spacial score (nSPS) is 11.3. The molecule has 0 radical (unpaired) electrons. The van der Waals surface area contributed by atoms with E-state index in [4.69, 9.17) is 0 Å². The molecule has 18 heavy (non-hydrogen) atoms. The Labute approximate surface area is 102 Å². The van der Waals surface area contributed by atoms with Crippen LogP contribution in [0.3, 0.4) is 0 Å². The molecule has 4 heteroatoms. The molecule has 0 saturated heterocycles. The number of carbonyl (C=O) groups excluding carboxylic acids is 1. The number of rotatable bonds is 2. The van der Waals surface area contributed by atoms with Crippen molar-refractivity contribution in [2.45, 2.75) is 6.18 Å².